The maximum absolute atomic E-state index is 6.07. The zero-order valence-electron chi connectivity index (χ0n) is 11.2. The van der Waals surface area contributed by atoms with Crippen LogP contribution < -0.4 is 5.32 Å². The number of hydrogen-bond acceptors (Lipinski definition) is 2. The topological polar surface area (TPSA) is 21.3 Å². The summed E-state index contributed by atoms with van der Waals surface area (Å²) in [5.41, 5.74) is 1.23. The first kappa shape index (κ1) is 15.8. The van der Waals surface area contributed by atoms with E-state index in [0.717, 1.165) is 19.7 Å². The van der Waals surface area contributed by atoms with Crippen LogP contribution in [0, 0.1) is 5.92 Å². The van der Waals surface area contributed by atoms with Crippen molar-refractivity contribution in [2.75, 3.05) is 26.8 Å². The van der Waals surface area contributed by atoms with Crippen LogP contribution in [0.15, 0.2) is 18.2 Å². The number of benzene rings is 1. The zero-order chi connectivity index (χ0) is 13.5. The molecule has 102 valence electrons. The SMILES string of the molecule is COCCNCC(c1ccc(Cl)c(Cl)c1)C(C)C. The Hall–Kier alpha value is -0.280. The molecule has 1 N–H and O–H groups in total. The van der Waals surface area contributed by atoms with Gasteiger partial charge in [-0.2, -0.15) is 0 Å². The molecule has 1 atom stereocenters. The molecule has 2 nitrogen and oxygen atoms in total. The molecule has 1 unspecified atom stereocenters. The molecule has 0 spiro atoms. The van der Waals surface area contributed by atoms with E-state index in [1.807, 2.05) is 12.1 Å². The van der Waals surface area contributed by atoms with Crippen LogP contribution in [0.25, 0.3) is 0 Å². The maximum Gasteiger partial charge on any atom is 0.0595 e. The lowest BCUT2D eigenvalue weighted by Gasteiger charge is -2.22. The molecular weight excluding hydrogens is 269 g/mol. The van der Waals surface area contributed by atoms with E-state index < -0.39 is 0 Å². The van der Waals surface area contributed by atoms with Crippen LogP contribution in [-0.4, -0.2) is 26.8 Å². The van der Waals surface area contributed by atoms with Crippen molar-refractivity contribution >= 4 is 23.2 Å². The molecule has 0 saturated heterocycles. The second-order valence-corrected chi connectivity index (χ2v) is 5.54. The molecule has 0 heterocycles. The lowest BCUT2D eigenvalue weighted by molar-refractivity contribution is 0.198. The Labute approximate surface area is 120 Å². The first-order chi connectivity index (χ1) is 8.56. The molecule has 0 fully saturated rings. The normalized spacial score (nSPS) is 13.0. The number of rotatable bonds is 7. The number of halogens is 2. The van der Waals surface area contributed by atoms with Crippen molar-refractivity contribution < 1.29 is 4.74 Å². The molecular formula is C14H21Cl2NO. The van der Waals surface area contributed by atoms with E-state index in [2.05, 4.69) is 25.2 Å². The van der Waals surface area contributed by atoms with Crippen molar-refractivity contribution in [3.63, 3.8) is 0 Å². The molecule has 0 amide bonds. The minimum Gasteiger partial charge on any atom is -0.383 e. The number of methoxy groups -OCH3 is 1. The molecule has 0 radical (unpaired) electrons. The van der Waals surface area contributed by atoms with Gasteiger partial charge in [0.25, 0.3) is 0 Å². The summed E-state index contributed by atoms with van der Waals surface area (Å²) in [6.07, 6.45) is 0. The first-order valence-corrected chi connectivity index (χ1v) is 6.96. The van der Waals surface area contributed by atoms with Gasteiger partial charge in [-0.05, 0) is 29.5 Å². The molecule has 0 aromatic heterocycles. The van der Waals surface area contributed by atoms with Gasteiger partial charge in [-0.25, -0.2) is 0 Å². The fourth-order valence-corrected chi connectivity index (χ4v) is 2.22. The standard InChI is InChI=1S/C14H21Cl2NO/c1-10(2)12(9-17-6-7-18-3)11-4-5-13(15)14(16)8-11/h4-5,8,10,12,17H,6-7,9H2,1-3H3. The van der Waals surface area contributed by atoms with Crippen LogP contribution >= 0.6 is 23.2 Å². The Balaban J connectivity index is 2.68. The molecule has 0 aliphatic carbocycles. The van der Waals surface area contributed by atoms with Crippen molar-refractivity contribution in [1.29, 1.82) is 0 Å². The number of hydrogen-bond donors (Lipinski definition) is 1. The highest BCUT2D eigenvalue weighted by Gasteiger charge is 2.16. The van der Waals surface area contributed by atoms with Crippen molar-refractivity contribution in [2.45, 2.75) is 19.8 Å². The molecule has 4 heteroatoms. The number of nitrogens with one attached hydrogen (secondary N) is 1. The Morgan fingerprint density at radius 3 is 2.50 bits per heavy atom. The van der Waals surface area contributed by atoms with Crippen LogP contribution in [0.1, 0.15) is 25.3 Å². The monoisotopic (exact) mass is 289 g/mol. The van der Waals surface area contributed by atoms with Gasteiger partial charge < -0.3 is 10.1 Å². The summed E-state index contributed by atoms with van der Waals surface area (Å²) >= 11 is 12.0. The van der Waals surface area contributed by atoms with Gasteiger partial charge in [0.15, 0.2) is 0 Å². The Bertz CT molecular complexity index is 369. The van der Waals surface area contributed by atoms with Crippen LogP contribution in [0.3, 0.4) is 0 Å². The summed E-state index contributed by atoms with van der Waals surface area (Å²) < 4.78 is 5.02. The van der Waals surface area contributed by atoms with Crippen LogP contribution in [0.2, 0.25) is 10.0 Å². The van der Waals surface area contributed by atoms with E-state index >= 15 is 0 Å². The molecule has 1 aromatic rings. The molecule has 0 saturated carbocycles. The van der Waals surface area contributed by atoms with E-state index in [-0.39, 0.29) is 0 Å². The van der Waals surface area contributed by atoms with Gasteiger partial charge in [0, 0.05) is 20.2 Å². The van der Waals surface area contributed by atoms with Crippen molar-refractivity contribution in [2.24, 2.45) is 5.92 Å². The zero-order valence-corrected chi connectivity index (χ0v) is 12.7. The first-order valence-electron chi connectivity index (χ1n) is 6.20. The molecule has 1 aromatic carbocycles. The van der Waals surface area contributed by atoms with Gasteiger partial charge in [0.05, 0.1) is 16.7 Å². The van der Waals surface area contributed by atoms with Crippen molar-refractivity contribution in [1.82, 2.24) is 5.32 Å². The minimum atomic E-state index is 0.427. The number of ether oxygens (including phenoxy) is 1. The third-order valence-corrected chi connectivity index (χ3v) is 3.76. The summed E-state index contributed by atoms with van der Waals surface area (Å²) in [6, 6.07) is 5.88. The van der Waals surface area contributed by atoms with E-state index in [4.69, 9.17) is 27.9 Å². The average Bonchev–Trinajstić information content (AvgIpc) is 2.32. The largest absolute Gasteiger partial charge is 0.383 e. The quantitative estimate of drug-likeness (QED) is 0.767. The van der Waals surface area contributed by atoms with Gasteiger partial charge >= 0.3 is 0 Å². The molecule has 0 bridgehead atoms. The second-order valence-electron chi connectivity index (χ2n) is 4.72. The fraction of sp³-hybridized carbons (Fsp3) is 0.571. The Morgan fingerprint density at radius 1 is 1.22 bits per heavy atom. The van der Waals surface area contributed by atoms with Crippen LogP contribution in [0.5, 0.6) is 0 Å². The third-order valence-electron chi connectivity index (χ3n) is 3.02. The van der Waals surface area contributed by atoms with Gasteiger partial charge in [0.1, 0.15) is 0 Å². The highest BCUT2D eigenvalue weighted by molar-refractivity contribution is 6.42. The molecule has 0 aliphatic heterocycles. The summed E-state index contributed by atoms with van der Waals surface area (Å²) in [5.74, 6) is 0.967. The van der Waals surface area contributed by atoms with E-state index in [1.54, 1.807) is 7.11 Å². The average molecular weight is 290 g/mol. The predicted octanol–water partition coefficient (Wildman–Crippen LogP) is 3.97. The summed E-state index contributed by atoms with van der Waals surface area (Å²) in [7, 11) is 1.71. The smallest absolute Gasteiger partial charge is 0.0595 e. The van der Waals surface area contributed by atoms with Crippen molar-refractivity contribution in [3.05, 3.63) is 33.8 Å². The highest BCUT2D eigenvalue weighted by Crippen LogP contribution is 2.29. The second kappa shape index (κ2) is 8.00. The lowest BCUT2D eigenvalue weighted by atomic mass is 9.88. The van der Waals surface area contributed by atoms with Gasteiger partial charge in [0.2, 0.25) is 0 Å². The Kier molecular flexibility index (Phi) is 7.02. The third kappa shape index (κ3) is 4.77. The maximum atomic E-state index is 6.07. The van der Waals surface area contributed by atoms with Gasteiger partial charge in [-0.1, -0.05) is 43.1 Å². The van der Waals surface area contributed by atoms with Crippen LogP contribution in [0.4, 0.5) is 0 Å². The highest BCUT2D eigenvalue weighted by atomic mass is 35.5. The summed E-state index contributed by atoms with van der Waals surface area (Å²) in [6.45, 7) is 6.93. The van der Waals surface area contributed by atoms with Gasteiger partial charge in [-0.3, -0.25) is 0 Å². The minimum absolute atomic E-state index is 0.427. The molecule has 1 rings (SSSR count). The molecule has 18 heavy (non-hydrogen) atoms. The Morgan fingerprint density at radius 2 is 1.94 bits per heavy atom. The predicted molar refractivity (Wildman–Crippen MR) is 78.8 cm³/mol. The van der Waals surface area contributed by atoms with E-state index in [9.17, 15) is 0 Å². The lowest BCUT2D eigenvalue weighted by Crippen LogP contribution is -2.27. The molecule has 0 aliphatic rings. The van der Waals surface area contributed by atoms with E-state index in [0.29, 0.717) is 21.9 Å². The van der Waals surface area contributed by atoms with Crippen LogP contribution in [-0.2, 0) is 4.74 Å². The van der Waals surface area contributed by atoms with E-state index in [1.165, 1.54) is 5.56 Å². The summed E-state index contributed by atoms with van der Waals surface area (Å²) in [5, 5.41) is 4.63. The van der Waals surface area contributed by atoms with Gasteiger partial charge in [-0.15, -0.1) is 0 Å². The van der Waals surface area contributed by atoms with Crippen molar-refractivity contribution in [3.8, 4) is 0 Å². The fourth-order valence-electron chi connectivity index (χ4n) is 1.91. The summed E-state index contributed by atoms with van der Waals surface area (Å²) in [4.78, 5) is 0.